The third-order valence-corrected chi connectivity index (χ3v) is 3.28. The molecule has 1 N–H and O–H groups in total. The predicted octanol–water partition coefficient (Wildman–Crippen LogP) is 2.43. The van der Waals surface area contributed by atoms with Gasteiger partial charge in [-0.1, -0.05) is 6.07 Å². The Morgan fingerprint density at radius 2 is 1.89 bits per heavy atom. The Labute approximate surface area is 116 Å². The summed E-state index contributed by atoms with van der Waals surface area (Å²) in [5.74, 6) is 2.05. The smallest absolute Gasteiger partial charge is 0.130 e. The molecule has 2 rings (SSSR count). The van der Waals surface area contributed by atoms with E-state index < -0.39 is 0 Å². The van der Waals surface area contributed by atoms with Crippen LogP contribution in [-0.2, 0) is 0 Å². The van der Waals surface area contributed by atoms with Crippen LogP contribution in [0, 0.1) is 0 Å². The van der Waals surface area contributed by atoms with Crippen LogP contribution in [0.5, 0.6) is 0 Å². The molecular weight excluding hydrogens is 236 g/mol. The van der Waals surface area contributed by atoms with Crippen molar-refractivity contribution in [3.63, 3.8) is 0 Å². The zero-order valence-corrected chi connectivity index (χ0v) is 12.6. The highest BCUT2D eigenvalue weighted by Crippen LogP contribution is 2.18. The normalized spacial score (nSPS) is 18.2. The minimum absolute atomic E-state index is 0.0463. The third kappa shape index (κ3) is 4.39. The molecular formula is C15H26N4. The van der Waals surface area contributed by atoms with Gasteiger partial charge < -0.3 is 15.1 Å². The van der Waals surface area contributed by atoms with Crippen LogP contribution in [0.15, 0.2) is 18.2 Å². The van der Waals surface area contributed by atoms with E-state index in [1.54, 1.807) is 0 Å². The van der Waals surface area contributed by atoms with Crippen molar-refractivity contribution >= 4 is 11.6 Å². The lowest BCUT2D eigenvalue weighted by molar-refractivity contribution is 0.360. The maximum atomic E-state index is 4.74. The molecule has 0 radical (unpaired) electrons. The van der Waals surface area contributed by atoms with Gasteiger partial charge >= 0.3 is 0 Å². The monoisotopic (exact) mass is 262 g/mol. The Balaban J connectivity index is 2.09. The molecule has 1 aliphatic rings. The zero-order chi connectivity index (χ0) is 13.9. The Hall–Kier alpha value is -1.29. The first-order valence-corrected chi connectivity index (χ1v) is 7.13. The number of pyridine rings is 1. The first kappa shape index (κ1) is 14.1. The molecule has 4 heteroatoms. The first-order chi connectivity index (χ1) is 8.94. The van der Waals surface area contributed by atoms with Crippen molar-refractivity contribution in [2.24, 2.45) is 0 Å². The second kappa shape index (κ2) is 5.78. The molecule has 0 spiro atoms. The number of anilines is 2. The molecule has 1 aliphatic heterocycles. The minimum Gasteiger partial charge on any atom is -0.365 e. The van der Waals surface area contributed by atoms with Crippen LogP contribution in [0.2, 0.25) is 0 Å². The highest BCUT2D eigenvalue weighted by atomic mass is 15.2. The van der Waals surface area contributed by atoms with Crippen LogP contribution < -0.4 is 10.2 Å². The Morgan fingerprint density at radius 3 is 2.63 bits per heavy atom. The Kier molecular flexibility index (Phi) is 4.30. The van der Waals surface area contributed by atoms with Gasteiger partial charge in [0.1, 0.15) is 11.6 Å². The van der Waals surface area contributed by atoms with Gasteiger partial charge in [0, 0.05) is 25.2 Å². The summed E-state index contributed by atoms with van der Waals surface area (Å²) in [6.07, 6.45) is 1.20. The van der Waals surface area contributed by atoms with E-state index in [4.69, 9.17) is 4.98 Å². The van der Waals surface area contributed by atoms with Gasteiger partial charge in [-0.3, -0.25) is 0 Å². The summed E-state index contributed by atoms with van der Waals surface area (Å²) in [6, 6.07) is 6.24. The summed E-state index contributed by atoms with van der Waals surface area (Å²) in [5.41, 5.74) is 0.0463. The second-order valence-corrected chi connectivity index (χ2v) is 6.40. The summed E-state index contributed by atoms with van der Waals surface area (Å²) in [5, 5.41) is 3.44. The molecule has 0 bridgehead atoms. The molecule has 1 aromatic rings. The van der Waals surface area contributed by atoms with Gasteiger partial charge in [-0.05, 0) is 52.9 Å². The number of nitrogens with one attached hydrogen (secondary N) is 1. The molecule has 106 valence electrons. The quantitative estimate of drug-likeness (QED) is 0.887. The molecule has 1 fully saturated rings. The summed E-state index contributed by atoms with van der Waals surface area (Å²) >= 11 is 0. The zero-order valence-electron chi connectivity index (χ0n) is 12.6. The van der Waals surface area contributed by atoms with Gasteiger partial charge in [-0.25, -0.2) is 4.98 Å². The van der Waals surface area contributed by atoms with E-state index in [0.29, 0.717) is 0 Å². The maximum absolute atomic E-state index is 4.74. The fraction of sp³-hybridized carbons (Fsp3) is 0.667. The number of likely N-dealkylation sites (N-methyl/N-ethyl adjacent to an activating group) is 1. The van der Waals surface area contributed by atoms with E-state index in [0.717, 1.165) is 31.3 Å². The summed E-state index contributed by atoms with van der Waals surface area (Å²) in [7, 11) is 2.19. The van der Waals surface area contributed by atoms with Crippen molar-refractivity contribution in [1.29, 1.82) is 0 Å². The Bertz CT molecular complexity index is 411. The molecule has 1 saturated heterocycles. The van der Waals surface area contributed by atoms with Crippen LogP contribution >= 0.6 is 0 Å². The van der Waals surface area contributed by atoms with Crippen LogP contribution in [0.1, 0.15) is 27.2 Å². The standard InChI is InChI=1S/C15H26N4/c1-15(2,3)17-13-7-5-8-14(16-13)19-10-6-9-18(4)11-12-19/h5,7-8H,6,9-12H2,1-4H3,(H,16,17). The van der Waals surface area contributed by atoms with Crippen molar-refractivity contribution in [1.82, 2.24) is 9.88 Å². The second-order valence-electron chi connectivity index (χ2n) is 6.40. The van der Waals surface area contributed by atoms with Gasteiger partial charge in [0.2, 0.25) is 0 Å². The van der Waals surface area contributed by atoms with Crippen LogP contribution in [0.25, 0.3) is 0 Å². The molecule has 19 heavy (non-hydrogen) atoms. The summed E-state index contributed by atoms with van der Waals surface area (Å²) in [4.78, 5) is 9.52. The lowest BCUT2D eigenvalue weighted by Gasteiger charge is -2.25. The van der Waals surface area contributed by atoms with Gasteiger partial charge in [0.25, 0.3) is 0 Å². The Morgan fingerprint density at radius 1 is 1.11 bits per heavy atom. The van der Waals surface area contributed by atoms with E-state index in [2.05, 4.69) is 55.1 Å². The molecule has 0 saturated carbocycles. The van der Waals surface area contributed by atoms with Crippen molar-refractivity contribution in [2.75, 3.05) is 43.4 Å². The van der Waals surface area contributed by atoms with Crippen molar-refractivity contribution in [3.05, 3.63) is 18.2 Å². The fourth-order valence-corrected chi connectivity index (χ4v) is 2.33. The van der Waals surface area contributed by atoms with Crippen LogP contribution in [0.3, 0.4) is 0 Å². The van der Waals surface area contributed by atoms with Crippen molar-refractivity contribution in [3.8, 4) is 0 Å². The molecule has 0 aromatic carbocycles. The highest BCUT2D eigenvalue weighted by molar-refractivity contribution is 5.48. The van der Waals surface area contributed by atoms with E-state index in [-0.39, 0.29) is 5.54 Å². The minimum atomic E-state index is 0.0463. The molecule has 0 atom stereocenters. The number of hydrogen-bond donors (Lipinski definition) is 1. The van der Waals surface area contributed by atoms with E-state index >= 15 is 0 Å². The van der Waals surface area contributed by atoms with E-state index in [1.165, 1.54) is 13.0 Å². The van der Waals surface area contributed by atoms with Gasteiger partial charge in [-0.15, -0.1) is 0 Å². The van der Waals surface area contributed by atoms with Crippen molar-refractivity contribution < 1.29 is 0 Å². The lowest BCUT2D eigenvalue weighted by Crippen LogP contribution is -2.30. The van der Waals surface area contributed by atoms with Crippen molar-refractivity contribution in [2.45, 2.75) is 32.7 Å². The molecule has 2 heterocycles. The molecule has 0 unspecified atom stereocenters. The third-order valence-electron chi connectivity index (χ3n) is 3.28. The molecule has 4 nitrogen and oxygen atoms in total. The average Bonchev–Trinajstić information content (AvgIpc) is 2.52. The SMILES string of the molecule is CN1CCCN(c2cccc(NC(C)(C)C)n2)CC1. The maximum Gasteiger partial charge on any atom is 0.130 e. The van der Waals surface area contributed by atoms with E-state index in [1.807, 2.05) is 6.07 Å². The topological polar surface area (TPSA) is 31.4 Å². The largest absolute Gasteiger partial charge is 0.365 e. The fourth-order valence-electron chi connectivity index (χ4n) is 2.33. The lowest BCUT2D eigenvalue weighted by atomic mass is 10.1. The van der Waals surface area contributed by atoms with Crippen LogP contribution in [0.4, 0.5) is 11.6 Å². The predicted molar refractivity (Wildman–Crippen MR) is 81.9 cm³/mol. The molecule has 1 aromatic heterocycles. The number of nitrogens with zero attached hydrogens (tertiary/aromatic N) is 3. The number of rotatable bonds is 2. The summed E-state index contributed by atoms with van der Waals surface area (Å²) < 4.78 is 0. The summed E-state index contributed by atoms with van der Waals surface area (Å²) in [6.45, 7) is 10.9. The first-order valence-electron chi connectivity index (χ1n) is 7.13. The van der Waals surface area contributed by atoms with Crippen LogP contribution in [-0.4, -0.2) is 48.6 Å². The molecule has 0 amide bonds. The molecule has 0 aliphatic carbocycles. The highest BCUT2D eigenvalue weighted by Gasteiger charge is 2.15. The average molecular weight is 262 g/mol. The van der Waals surface area contributed by atoms with E-state index in [9.17, 15) is 0 Å². The van der Waals surface area contributed by atoms with Gasteiger partial charge in [0.15, 0.2) is 0 Å². The number of hydrogen-bond acceptors (Lipinski definition) is 4. The van der Waals surface area contributed by atoms with Gasteiger partial charge in [-0.2, -0.15) is 0 Å². The van der Waals surface area contributed by atoms with Gasteiger partial charge in [0.05, 0.1) is 0 Å². The number of aromatic nitrogens is 1.